The lowest BCUT2D eigenvalue weighted by molar-refractivity contribution is 0.0996. The highest BCUT2D eigenvalue weighted by Gasteiger charge is 2.08. The van der Waals surface area contributed by atoms with Crippen LogP contribution in [0.25, 0.3) is 0 Å². The van der Waals surface area contributed by atoms with Crippen LogP contribution < -0.4 is 16.0 Å². The van der Waals surface area contributed by atoms with Crippen LogP contribution in [0.5, 0.6) is 0 Å². The summed E-state index contributed by atoms with van der Waals surface area (Å²) < 4.78 is 6.91. The molecule has 1 amide bonds. The van der Waals surface area contributed by atoms with Crippen LogP contribution in [-0.4, -0.2) is 28.2 Å². The number of guanidine groups is 1. The molecule has 29 heavy (non-hydrogen) atoms. The van der Waals surface area contributed by atoms with Crippen molar-refractivity contribution in [1.29, 1.82) is 0 Å². The lowest BCUT2D eigenvalue weighted by Crippen LogP contribution is -2.37. The van der Waals surface area contributed by atoms with Gasteiger partial charge in [0.15, 0.2) is 11.7 Å². The monoisotopic (exact) mass is 508 g/mol. The molecule has 2 heterocycles. The summed E-state index contributed by atoms with van der Waals surface area (Å²) in [6.45, 7) is 3.96. The summed E-state index contributed by atoms with van der Waals surface area (Å²) in [5, 5.41) is 13.5. The summed E-state index contributed by atoms with van der Waals surface area (Å²) in [7, 11) is 1.91. The number of carbonyl (C=O) groups excluding carboxylic acids is 1. The Balaban J connectivity index is 0.00000300. The Morgan fingerprint density at radius 2 is 1.97 bits per heavy atom. The molecule has 0 atom stereocenters. The van der Waals surface area contributed by atoms with Crippen LogP contribution in [0.15, 0.2) is 64.3 Å². The van der Waals surface area contributed by atoms with E-state index in [9.17, 15) is 4.79 Å². The minimum atomic E-state index is -0.274. The van der Waals surface area contributed by atoms with Crippen molar-refractivity contribution in [3.63, 3.8) is 0 Å². The number of anilines is 1. The SMILES string of the molecule is CCNC(=NCc1ccc(NC(=O)c2ccco2)cc1)NCc1ccnn1C.I. The smallest absolute Gasteiger partial charge is 0.291 e. The second-order valence-corrected chi connectivity index (χ2v) is 6.12. The summed E-state index contributed by atoms with van der Waals surface area (Å²) in [5.74, 6) is 0.743. The van der Waals surface area contributed by atoms with Gasteiger partial charge >= 0.3 is 0 Å². The van der Waals surface area contributed by atoms with E-state index in [0.717, 1.165) is 23.8 Å². The Hall–Kier alpha value is -2.82. The molecule has 3 aromatic rings. The summed E-state index contributed by atoms with van der Waals surface area (Å²) in [5.41, 5.74) is 2.81. The second-order valence-electron chi connectivity index (χ2n) is 6.12. The van der Waals surface area contributed by atoms with Crippen LogP contribution in [0.2, 0.25) is 0 Å². The number of carbonyl (C=O) groups is 1. The van der Waals surface area contributed by atoms with Gasteiger partial charge in [0.05, 0.1) is 25.0 Å². The molecule has 0 aliphatic carbocycles. The first-order chi connectivity index (χ1) is 13.7. The van der Waals surface area contributed by atoms with Crippen LogP contribution in [0.3, 0.4) is 0 Å². The van der Waals surface area contributed by atoms with Gasteiger partial charge in [-0.25, -0.2) is 4.99 Å². The molecule has 154 valence electrons. The van der Waals surface area contributed by atoms with Crippen LogP contribution >= 0.6 is 24.0 Å². The van der Waals surface area contributed by atoms with Crippen LogP contribution in [0, 0.1) is 0 Å². The topological polar surface area (TPSA) is 96.5 Å². The fourth-order valence-corrected chi connectivity index (χ4v) is 2.56. The first-order valence-corrected chi connectivity index (χ1v) is 9.08. The number of aliphatic imine (C=N–C) groups is 1. The maximum Gasteiger partial charge on any atom is 0.291 e. The van der Waals surface area contributed by atoms with Gasteiger partial charge in [-0.3, -0.25) is 9.48 Å². The van der Waals surface area contributed by atoms with Gasteiger partial charge in [-0.2, -0.15) is 5.10 Å². The molecular formula is C20H25IN6O2. The molecule has 9 heteroatoms. The van der Waals surface area contributed by atoms with E-state index in [1.807, 2.05) is 49.0 Å². The van der Waals surface area contributed by atoms with Crippen LogP contribution in [-0.2, 0) is 20.1 Å². The van der Waals surface area contributed by atoms with Crippen LogP contribution in [0.4, 0.5) is 5.69 Å². The van der Waals surface area contributed by atoms with Crippen molar-refractivity contribution in [3.05, 3.63) is 71.9 Å². The van der Waals surface area contributed by atoms with E-state index in [2.05, 4.69) is 26.0 Å². The molecule has 3 rings (SSSR count). The molecule has 0 saturated carbocycles. The van der Waals surface area contributed by atoms with Gasteiger partial charge in [-0.05, 0) is 42.8 Å². The number of nitrogens with zero attached hydrogens (tertiary/aromatic N) is 3. The third kappa shape index (κ3) is 6.63. The van der Waals surface area contributed by atoms with Gasteiger partial charge in [0, 0.05) is 25.5 Å². The molecule has 0 aliphatic rings. The predicted molar refractivity (Wildman–Crippen MR) is 123 cm³/mol. The van der Waals surface area contributed by atoms with Crippen molar-refractivity contribution in [1.82, 2.24) is 20.4 Å². The lowest BCUT2D eigenvalue weighted by atomic mass is 10.2. The zero-order valence-electron chi connectivity index (χ0n) is 16.4. The average Bonchev–Trinajstić information content (AvgIpc) is 3.37. The highest BCUT2D eigenvalue weighted by Crippen LogP contribution is 2.12. The zero-order chi connectivity index (χ0) is 19.8. The van der Waals surface area contributed by atoms with E-state index in [-0.39, 0.29) is 35.6 Å². The third-order valence-corrected chi connectivity index (χ3v) is 4.08. The highest BCUT2D eigenvalue weighted by molar-refractivity contribution is 14.0. The van der Waals surface area contributed by atoms with E-state index in [1.54, 1.807) is 18.3 Å². The summed E-state index contributed by atoms with van der Waals surface area (Å²) >= 11 is 0. The van der Waals surface area contributed by atoms with Crippen molar-refractivity contribution in [3.8, 4) is 0 Å². The molecule has 0 spiro atoms. The fourth-order valence-electron chi connectivity index (χ4n) is 2.56. The first kappa shape index (κ1) is 22.5. The maximum absolute atomic E-state index is 12.0. The second kappa shape index (κ2) is 11.2. The van der Waals surface area contributed by atoms with E-state index in [0.29, 0.717) is 18.8 Å². The van der Waals surface area contributed by atoms with Crippen molar-refractivity contribution < 1.29 is 9.21 Å². The van der Waals surface area contributed by atoms with Gasteiger partial charge in [0.25, 0.3) is 5.91 Å². The highest BCUT2D eigenvalue weighted by atomic mass is 127. The lowest BCUT2D eigenvalue weighted by Gasteiger charge is -2.11. The summed E-state index contributed by atoms with van der Waals surface area (Å²) in [4.78, 5) is 16.6. The number of amides is 1. The third-order valence-electron chi connectivity index (χ3n) is 4.08. The Bertz CT molecular complexity index is 919. The van der Waals surface area contributed by atoms with Crippen molar-refractivity contribution >= 4 is 41.5 Å². The summed E-state index contributed by atoms with van der Waals surface area (Å²) in [6.07, 6.45) is 3.24. The molecule has 0 radical (unpaired) electrons. The number of nitrogens with one attached hydrogen (secondary N) is 3. The molecule has 8 nitrogen and oxygen atoms in total. The van der Waals surface area contributed by atoms with Gasteiger partial charge in [0.1, 0.15) is 0 Å². The molecular weight excluding hydrogens is 483 g/mol. The first-order valence-electron chi connectivity index (χ1n) is 9.08. The van der Waals surface area contributed by atoms with Gasteiger partial charge in [-0.15, -0.1) is 24.0 Å². The molecule has 0 bridgehead atoms. The number of halogens is 1. The van der Waals surface area contributed by atoms with Gasteiger partial charge in [-0.1, -0.05) is 12.1 Å². The normalized spacial score (nSPS) is 10.9. The minimum absolute atomic E-state index is 0. The van der Waals surface area contributed by atoms with Crippen molar-refractivity contribution in [2.75, 3.05) is 11.9 Å². The Labute approximate surface area is 186 Å². The zero-order valence-corrected chi connectivity index (χ0v) is 18.7. The van der Waals surface area contributed by atoms with E-state index in [1.165, 1.54) is 6.26 Å². The van der Waals surface area contributed by atoms with E-state index < -0.39 is 0 Å². The maximum atomic E-state index is 12.0. The Morgan fingerprint density at radius 1 is 1.17 bits per heavy atom. The number of furan rings is 1. The van der Waals surface area contributed by atoms with E-state index in [4.69, 9.17) is 4.42 Å². The van der Waals surface area contributed by atoms with E-state index >= 15 is 0 Å². The van der Waals surface area contributed by atoms with Gasteiger partial charge in [0.2, 0.25) is 0 Å². The number of benzene rings is 1. The van der Waals surface area contributed by atoms with Crippen molar-refractivity contribution in [2.45, 2.75) is 20.0 Å². The fraction of sp³-hybridized carbons (Fsp3) is 0.250. The quantitative estimate of drug-likeness (QED) is 0.259. The molecule has 0 unspecified atom stereocenters. The van der Waals surface area contributed by atoms with Gasteiger partial charge < -0.3 is 20.4 Å². The Kier molecular flexibility index (Phi) is 8.71. The number of hydrogen-bond acceptors (Lipinski definition) is 4. The number of aromatic nitrogens is 2. The number of rotatable bonds is 7. The summed E-state index contributed by atoms with van der Waals surface area (Å²) in [6, 6.07) is 12.8. The average molecular weight is 508 g/mol. The molecule has 0 fully saturated rings. The predicted octanol–water partition coefficient (Wildman–Crippen LogP) is 3.14. The Morgan fingerprint density at radius 3 is 2.59 bits per heavy atom. The van der Waals surface area contributed by atoms with Crippen molar-refractivity contribution in [2.24, 2.45) is 12.0 Å². The molecule has 0 saturated heterocycles. The molecule has 1 aromatic carbocycles. The standard InChI is InChI=1S/C20H24N6O2.HI/c1-3-21-20(23-14-17-10-11-24-26(17)2)22-13-15-6-8-16(9-7-15)25-19(27)18-5-4-12-28-18;/h4-12H,3,13-14H2,1-2H3,(H,25,27)(H2,21,22,23);1H. The molecule has 3 N–H and O–H groups in total. The largest absolute Gasteiger partial charge is 0.459 e. The minimum Gasteiger partial charge on any atom is -0.459 e. The number of hydrogen-bond donors (Lipinski definition) is 3. The van der Waals surface area contributed by atoms with Crippen LogP contribution in [0.1, 0.15) is 28.7 Å². The molecule has 2 aromatic heterocycles. The number of aryl methyl sites for hydroxylation is 1. The molecule has 0 aliphatic heterocycles.